The lowest BCUT2D eigenvalue weighted by Gasteiger charge is -2.19. The Balaban J connectivity index is 2.16. The van der Waals surface area contributed by atoms with Crippen LogP contribution in [0.15, 0.2) is 36.4 Å². The number of carbonyl (C=O) groups excluding carboxylic acids is 2. The Morgan fingerprint density at radius 3 is 2.46 bits per heavy atom. The van der Waals surface area contributed by atoms with Crippen molar-refractivity contribution in [3.63, 3.8) is 0 Å². The third kappa shape index (κ3) is 4.76. The van der Waals surface area contributed by atoms with E-state index in [4.69, 9.17) is 21.1 Å². The van der Waals surface area contributed by atoms with Crippen molar-refractivity contribution in [2.45, 2.75) is 33.3 Å². The maximum atomic E-state index is 12.6. The summed E-state index contributed by atoms with van der Waals surface area (Å²) in [6, 6.07) is 10.3. The third-order valence-corrected chi connectivity index (χ3v) is 4.41. The first-order valence-electron chi connectivity index (χ1n) is 8.28. The summed E-state index contributed by atoms with van der Waals surface area (Å²) in [5, 5.41) is 3.47. The number of rotatable bonds is 6. The molecule has 0 aliphatic heterocycles. The first-order chi connectivity index (χ1) is 12.3. The molecule has 0 saturated heterocycles. The Morgan fingerprint density at radius 2 is 1.85 bits per heavy atom. The van der Waals surface area contributed by atoms with E-state index in [9.17, 15) is 9.59 Å². The predicted octanol–water partition coefficient (Wildman–Crippen LogP) is 4.54. The van der Waals surface area contributed by atoms with Crippen LogP contribution in [0, 0.1) is 13.8 Å². The molecular formula is C20H22ClNO4. The normalized spacial score (nSPS) is 11.6. The lowest BCUT2D eigenvalue weighted by molar-refractivity contribution is -0.122. The number of carbonyl (C=O) groups is 2. The van der Waals surface area contributed by atoms with E-state index >= 15 is 0 Å². The molecule has 138 valence electrons. The maximum absolute atomic E-state index is 12.6. The zero-order valence-corrected chi connectivity index (χ0v) is 16.0. The smallest absolute Gasteiger partial charge is 0.337 e. The Bertz CT molecular complexity index is 819. The van der Waals surface area contributed by atoms with Gasteiger partial charge in [-0.3, -0.25) is 4.79 Å². The number of esters is 1. The number of ether oxygens (including phenoxy) is 2. The first kappa shape index (κ1) is 19.8. The van der Waals surface area contributed by atoms with Crippen LogP contribution in [0.4, 0.5) is 5.69 Å². The van der Waals surface area contributed by atoms with E-state index in [1.807, 2.05) is 20.8 Å². The SMILES string of the molecule is CC[C@@H](Oc1ccc(Cl)c(C)c1)C(=O)Nc1cc(C(=O)OC)ccc1C. The van der Waals surface area contributed by atoms with Gasteiger partial charge in [0.1, 0.15) is 5.75 Å². The highest BCUT2D eigenvalue weighted by Crippen LogP contribution is 2.23. The Morgan fingerprint density at radius 1 is 1.12 bits per heavy atom. The van der Waals surface area contributed by atoms with Gasteiger partial charge >= 0.3 is 5.97 Å². The van der Waals surface area contributed by atoms with Gasteiger partial charge in [-0.05, 0) is 61.7 Å². The predicted molar refractivity (Wildman–Crippen MR) is 102 cm³/mol. The Hall–Kier alpha value is -2.53. The molecular weight excluding hydrogens is 354 g/mol. The fraction of sp³-hybridized carbons (Fsp3) is 0.300. The standard InChI is InChI=1S/C20H22ClNO4/c1-5-18(26-15-8-9-16(21)13(3)10-15)19(23)22-17-11-14(20(24)25-4)7-6-12(17)2/h6-11,18H,5H2,1-4H3,(H,22,23)/t18-/m1/s1. The highest BCUT2D eigenvalue weighted by molar-refractivity contribution is 6.31. The molecule has 0 fully saturated rings. The molecule has 5 nitrogen and oxygen atoms in total. The number of amides is 1. The average Bonchev–Trinajstić information content (AvgIpc) is 2.63. The van der Waals surface area contributed by atoms with Crippen LogP contribution >= 0.6 is 11.6 Å². The third-order valence-electron chi connectivity index (χ3n) is 3.99. The number of hydrogen-bond donors (Lipinski definition) is 1. The summed E-state index contributed by atoms with van der Waals surface area (Å²) in [6.07, 6.45) is -0.180. The number of hydrogen-bond acceptors (Lipinski definition) is 4. The van der Waals surface area contributed by atoms with Crippen molar-refractivity contribution >= 4 is 29.2 Å². The molecule has 0 aliphatic carbocycles. The second kappa shape index (κ2) is 8.72. The molecule has 26 heavy (non-hydrogen) atoms. The molecule has 0 spiro atoms. The second-order valence-corrected chi connectivity index (χ2v) is 6.34. The summed E-state index contributed by atoms with van der Waals surface area (Å²) in [5.74, 6) is -0.167. The monoisotopic (exact) mass is 375 g/mol. The van der Waals surface area contributed by atoms with E-state index in [2.05, 4.69) is 5.32 Å². The summed E-state index contributed by atoms with van der Waals surface area (Å²) in [6.45, 7) is 5.59. The van der Waals surface area contributed by atoms with Crippen LogP contribution in [0.5, 0.6) is 5.75 Å². The van der Waals surface area contributed by atoms with Gasteiger partial charge in [-0.2, -0.15) is 0 Å². The van der Waals surface area contributed by atoms with Crippen LogP contribution in [0.2, 0.25) is 5.02 Å². The Kier molecular flexibility index (Phi) is 6.64. The van der Waals surface area contributed by atoms with Crippen molar-refractivity contribution in [2.75, 3.05) is 12.4 Å². The number of anilines is 1. The van der Waals surface area contributed by atoms with Crippen molar-refractivity contribution in [1.82, 2.24) is 0 Å². The highest BCUT2D eigenvalue weighted by atomic mass is 35.5. The molecule has 0 aliphatic rings. The molecule has 1 N–H and O–H groups in total. The number of nitrogens with one attached hydrogen (secondary N) is 1. The lowest BCUT2D eigenvalue weighted by Crippen LogP contribution is -2.32. The van der Waals surface area contributed by atoms with E-state index in [1.165, 1.54) is 7.11 Å². The quantitative estimate of drug-likeness (QED) is 0.753. The van der Waals surface area contributed by atoms with Crippen molar-refractivity contribution in [1.29, 1.82) is 0 Å². The van der Waals surface area contributed by atoms with Gasteiger partial charge in [-0.15, -0.1) is 0 Å². The van der Waals surface area contributed by atoms with Crippen LogP contribution in [-0.4, -0.2) is 25.1 Å². The van der Waals surface area contributed by atoms with Gasteiger partial charge in [0.2, 0.25) is 0 Å². The summed E-state index contributed by atoms with van der Waals surface area (Å²) < 4.78 is 10.5. The second-order valence-electron chi connectivity index (χ2n) is 5.94. The minimum absolute atomic E-state index is 0.287. The maximum Gasteiger partial charge on any atom is 0.337 e. The molecule has 0 aromatic heterocycles. The fourth-order valence-corrected chi connectivity index (χ4v) is 2.51. The number of methoxy groups -OCH3 is 1. The van der Waals surface area contributed by atoms with E-state index < -0.39 is 12.1 Å². The van der Waals surface area contributed by atoms with Gasteiger partial charge in [0, 0.05) is 10.7 Å². The zero-order valence-electron chi connectivity index (χ0n) is 15.3. The van der Waals surface area contributed by atoms with Crippen LogP contribution in [0.25, 0.3) is 0 Å². The lowest BCUT2D eigenvalue weighted by atomic mass is 10.1. The van der Waals surface area contributed by atoms with Gasteiger partial charge in [0.25, 0.3) is 5.91 Å². The largest absolute Gasteiger partial charge is 0.481 e. The van der Waals surface area contributed by atoms with Crippen LogP contribution < -0.4 is 10.1 Å². The minimum atomic E-state index is -0.670. The summed E-state index contributed by atoms with van der Waals surface area (Å²) >= 11 is 6.02. The van der Waals surface area contributed by atoms with Gasteiger partial charge in [0.05, 0.1) is 12.7 Å². The van der Waals surface area contributed by atoms with E-state index in [-0.39, 0.29) is 5.91 Å². The van der Waals surface area contributed by atoms with Crippen molar-refractivity contribution in [2.24, 2.45) is 0 Å². The molecule has 0 saturated carbocycles. The number of aryl methyl sites for hydroxylation is 2. The molecule has 2 rings (SSSR count). The van der Waals surface area contributed by atoms with Crippen molar-refractivity contribution < 1.29 is 19.1 Å². The van der Waals surface area contributed by atoms with Gasteiger partial charge in [-0.1, -0.05) is 24.6 Å². The van der Waals surface area contributed by atoms with Crippen LogP contribution in [0.3, 0.4) is 0 Å². The van der Waals surface area contributed by atoms with Gasteiger partial charge in [0.15, 0.2) is 6.10 Å². The van der Waals surface area contributed by atoms with E-state index in [0.29, 0.717) is 28.4 Å². The summed E-state index contributed by atoms with van der Waals surface area (Å²) in [7, 11) is 1.31. The molecule has 1 amide bonds. The first-order valence-corrected chi connectivity index (χ1v) is 8.66. The highest BCUT2D eigenvalue weighted by Gasteiger charge is 2.20. The fourth-order valence-electron chi connectivity index (χ4n) is 2.39. The molecule has 2 aromatic carbocycles. The minimum Gasteiger partial charge on any atom is -0.481 e. The number of benzene rings is 2. The zero-order chi connectivity index (χ0) is 19.3. The molecule has 1 atom stereocenters. The molecule has 0 bridgehead atoms. The summed E-state index contributed by atoms with van der Waals surface area (Å²) in [5.41, 5.74) is 2.63. The molecule has 0 heterocycles. The van der Waals surface area contributed by atoms with E-state index in [0.717, 1.165) is 11.1 Å². The Labute approximate surface area is 158 Å². The number of halogens is 1. The average molecular weight is 376 g/mol. The van der Waals surface area contributed by atoms with Gasteiger partial charge in [-0.25, -0.2) is 4.79 Å². The topological polar surface area (TPSA) is 64.6 Å². The molecule has 0 unspecified atom stereocenters. The van der Waals surface area contributed by atoms with Gasteiger partial charge < -0.3 is 14.8 Å². The molecule has 6 heteroatoms. The van der Waals surface area contributed by atoms with Crippen LogP contribution in [-0.2, 0) is 9.53 Å². The van der Waals surface area contributed by atoms with Crippen molar-refractivity contribution in [3.05, 3.63) is 58.1 Å². The van der Waals surface area contributed by atoms with Crippen LogP contribution in [0.1, 0.15) is 34.8 Å². The summed E-state index contributed by atoms with van der Waals surface area (Å²) in [4.78, 5) is 24.3. The van der Waals surface area contributed by atoms with Crippen molar-refractivity contribution in [3.8, 4) is 5.75 Å². The van der Waals surface area contributed by atoms with E-state index in [1.54, 1.807) is 36.4 Å². The molecule has 2 aromatic rings. The molecule has 0 radical (unpaired) electrons.